The fraction of sp³-hybridized carbons (Fsp3) is 1.00. The van der Waals surface area contributed by atoms with Gasteiger partial charge in [0.1, 0.15) is 0 Å². The molecule has 0 radical (unpaired) electrons. The number of rotatable bonds is 5. The zero-order valence-electron chi connectivity index (χ0n) is 14.4. The molecule has 2 fully saturated rings. The van der Waals surface area contributed by atoms with Crippen LogP contribution in [-0.4, -0.2) is 17.3 Å². The summed E-state index contributed by atoms with van der Waals surface area (Å²) in [6, 6.07) is 0. The van der Waals surface area contributed by atoms with Gasteiger partial charge in [-0.1, -0.05) is 46.0 Å². The summed E-state index contributed by atoms with van der Waals surface area (Å²) in [6.07, 6.45) is 14.5. The third-order valence-corrected chi connectivity index (χ3v) is 6.88. The molecule has 124 valence electrons. The Morgan fingerprint density at radius 1 is 0.952 bits per heavy atom. The monoisotopic (exact) mass is 295 g/mol. The highest BCUT2D eigenvalue weighted by molar-refractivity contribution is 5.03. The van der Waals surface area contributed by atoms with Crippen LogP contribution >= 0.6 is 0 Å². The highest BCUT2D eigenvalue weighted by Crippen LogP contribution is 2.52. The zero-order valence-corrected chi connectivity index (χ0v) is 14.4. The fourth-order valence-corrected chi connectivity index (χ4v) is 5.12. The van der Waals surface area contributed by atoms with Gasteiger partial charge in [-0.3, -0.25) is 0 Å². The van der Waals surface area contributed by atoms with Gasteiger partial charge in [0.15, 0.2) is 0 Å². The molecule has 2 unspecified atom stereocenters. The van der Waals surface area contributed by atoms with Gasteiger partial charge in [0.05, 0.1) is 5.60 Å². The predicted octanol–water partition coefficient (Wildman–Crippen LogP) is 4.64. The van der Waals surface area contributed by atoms with Crippen molar-refractivity contribution in [3.05, 3.63) is 0 Å². The Morgan fingerprint density at radius 2 is 1.62 bits per heavy atom. The smallest absolute Gasteiger partial charge is 0.0715 e. The maximum absolute atomic E-state index is 11.5. The van der Waals surface area contributed by atoms with Crippen molar-refractivity contribution in [3.8, 4) is 0 Å². The Bertz CT molecular complexity index is 309. The van der Waals surface area contributed by atoms with Gasteiger partial charge in [-0.25, -0.2) is 0 Å². The molecular formula is C19H37NO. The SMILES string of the molecule is CCCC1CCCC(O)(C2(CN)CCC(CC)CC2)CC1. The summed E-state index contributed by atoms with van der Waals surface area (Å²) in [7, 11) is 0. The van der Waals surface area contributed by atoms with Crippen LogP contribution in [0.25, 0.3) is 0 Å². The lowest BCUT2D eigenvalue weighted by Crippen LogP contribution is -2.54. The standard InChI is InChI=1S/C19H37NO/c1-3-6-17-7-5-11-19(21,14-10-17)18(15-20)12-8-16(4-2)9-13-18/h16-17,21H,3-15,20H2,1-2H3. The maximum Gasteiger partial charge on any atom is 0.0715 e. The first-order valence-electron chi connectivity index (χ1n) is 9.51. The number of nitrogens with two attached hydrogens (primary N) is 1. The van der Waals surface area contributed by atoms with Crippen molar-refractivity contribution in [2.75, 3.05) is 6.54 Å². The Labute approximate surface area is 131 Å². The van der Waals surface area contributed by atoms with E-state index in [1.807, 2.05) is 0 Å². The van der Waals surface area contributed by atoms with Crippen LogP contribution in [0, 0.1) is 17.3 Å². The molecule has 0 saturated heterocycles. The first-order chi connectivity index (χ1) is 10.1. The Kier molecular flexibility index (Phi) is 6.14. The minimum absolute atomic E-state index is 0.0137. The highest BCUT2D eigenvalue weighted by atomic mass is 16.3. The van der Waals surface area contributed by atoms with E-state index in [4.69, 9.17) is 5.73 Å². The van der Waals surface area contributed by atoms with Crippen LogP contribution in [0.1, 0.15) is 90.9 Å². The van der Waals surface area contributed by atoms with Crippen LogP contribution in [0.5, 0.6) is 0 Å². The highest BCUT2D eigenvalue weighted by Gasteiger charge is 2.50. The molecule has 2 aliphatic carbocycles. The third kappa shape index (κ3) is 3.64. The van der Waals surface area contributed by atoms with Gasteiger partial charge in [0, 0.05) is 12.0 Å². The topological polar surface area (TPSA) is 46.2 Å². The molecule has 0 aromatic rings. The zero-order chi connectivity index (χ0) is 15.3. The molecule has 2 atom stereocenters. The molecule has 21 heavy (non-hydrogen) atoms. The van der Waals surface area contributed by atoms with Crippen molar-refractivity contribution < 1.29 is 5.11 Å². The summed E-state index contributed by atoms with van der Waals surface area (Å²) < 4.78 is 0. The lowest BCUT2D eigenvalue weighted by molar-refractivity contribution is -0.115. The molecule has 0 aromatic carbocycles. The van der Waals surface area contributed by atoms with Crippen molar-refractivity contribution in [2.45, 2.75) is 96.5 Å². The average Bonchev–Trinajstić information content (AvgIpc) is 2.71. The van der Waals surface area contributed by atoms with Gasteiger partial charge in [-0.05, 0) is 56.8 Å². The second-order valence-corrected chi connectivity index (χ2v) is 7.95. The van der Waals surface area contributed by atoms with Crippen molar-refractivity contribution in [1.82, 2.24) is 0 Å². The lowest BCUT2D eigenvalue weighted by atomic mass is 9.59. The van der Waals surface area contributed by atoms with E-state index in [9.17, 15) is 5.11 Å². The van der Waals surface area contributed by atoms with Crippen LogP contribution in [-0.2, 0) is 0 Å². The minimum Gasteiger partial charge on any atom is -0.389 e. The molecule has 2 heteroatoms. The summed E-state index contributed by atoms with van der Waals surface area (Å²) in [4.78, 5) is 0. The number of hydrogen-bond acceptors (Lipinski definition) is 2. The summed E-state index contributed by atoms with van der Waals surface area (Å²) in [5.74, 6) is 1.71. The van der Waals surface area contributed by atoms with E-state index in [-0.39, 0.29) is 5.41 Å². The van der Waals surface area contributed by atoms with E-state index in [0.717, 1.165) is 37.5 Å². The van der Waals surface area contributed by atoms with Crippen molar-refractivity contribution in [2.24, 2.45) is 23.0 Å². The summed E-state index contributed by atoms with van der Waals surface area (Å²) in [5, 5.41) is 11.5. The molecule has 2 rings (SSSR count). The van der Waals surface area contributed by atoms with Crippen molar-refractivity contribution >= 4 is 0 Å². The van der Waals surface area contributed by atoms with E-state index >= 15 is 0 Å². The summed E-state index contributed by atoms with van der Waals surface area (Å²) >= 11 is 0. The van der Waals surface area contributed by atoms with Crippen LogP contribution in [0.15, 0.2) is 0 Å². The molecular weight excluding hydrogens is 258 g/mol. The van der Waals surface area contributed by atoms with E-state index in [1.54, 1.807) is 0 Å². The quantitative estimate of drug-likeness (QED) is 0.726. The van der Waals surface area contributed by atoms with Gasteiger partial charge in [-0.15, -0.1) is 0 Å². The van der Waals surface area contributed by atoms with Gasteiger partial charge in [0.2, 0.25) is 0 Å². The van der Waals surface area contributed by atoms with E-state index < -0.39 is 5.60 Å². The fourth-order valence-electron chi connectivity index (χ4n) is 5.12. The molecule has 0 aromatic heterocycles. The van der Waals surface area contributed by atoms with E-state index in [0.29, 0.717) is 6.54 Å². The number of hydrogen-bond donors (Lipinski definition) is 2. The van der Waals surface area contributed by atoms with Crippen LogP contribution in [0.3, 0.4) is 0 Å². The van der Waals surface area contributed by atoms with Gasteiger partial charge in [-0.2, -0.15) is 0 Å². The minimum atomic E-state index is -0.483. The molecule has 0 bridgehead atoms. The van der Waals surface area contributed by atoms with Gasteiger partial charge in [0.25, 0.3) is 0 Å². The molecule has 3 N–H and O–H groups in total. The molecule has 0 heterocycles. The molecule has 2 aliphatic rings. The maximum atomic E-state index is 11.5. The van der Waals surface area contributed by atoms with Crippen LogP contribution in [0.2, 0.25) is 0 Å². The lowest BCUT2D eigenvalue weighted by Gasteiger charge is -2.50. The van der Waals surface area contributed by atoms with Crippen LogP contribution < -0.4 is 5.73 Å². The first kappa shape index (κ1) is 17.3. The van der Waals surface area contributed by atoms with E-state index in [2.05, 4.69) is 13.8 Å². The first-order valence-corrected chi connectivity index (χ1v) is 9.51. The number of aliphatic hydroxyl groups is 1. The van der Waals surface area contributed by atoms with Gasteiger partial charge >= 0.3 is 0 Å². The second-order valence-electron chi connectivity index (χ2n) is 7.95. The molecule has 2 nitrogen and oxygen atoms in total. The van der Waals surface area contributed by atoms with Crippen molar-refractivity contribution in [1.29, 1.82) is 0 Å². The van der Waals surface area contributed by atoms with Crippen molar-refractivity contribution in [3.63, 3.8) is 0 Å². The molecule has 0 amide bonds. The van der Waals surface area contributed by atoms with E-state index in [1.165, 1.54) is 51.4 Å². The molecule has 2 saturated carbocycles. The summed E-state index contributed by atoms with van der Waals surface area (Å²) in [6.45, 7) is 5.26. The normalized spacial score (nSPS) is 41.7. The molecule has 0 spiro atoms. The van der Waals surface area contributed by atoms with Crippen LogP contribution in [0.4, 0.5) is 0 Å². The largest absolute Gasteiger partial charge is 0.389 e. The predicted molar refractivity (Wildman–Crippen MR) is 90.2 cm³/mol. The average molecular weight is 296 g/mol. The molecule has 0 aliphatic heterocycles. The third-order valence-electron chi connectivity index (χ3n) is 6.88. The second kappa shape index (κ2) is 7.46. The Hall–Kier alpha value is -0.0800. The van der Waals surface area contributed by atoms with Gasteiger partial charge < -0.3 is 10.8 Å². The Morgan fingerprint density at radius 3 is 2.19 bits per heavy atom. The summed E-state index contributed by atoms with van der Waals surface area (Å²) in [5.41, 5.74) is 5.76. The Balaban J connectivity index is 2.06.